The van der Waals surface area contributed by atoms with Crippen molar-refractivity contribution in [3.63, 3.8) is 0 Å². The Bertz CT molecular complexity index is 618. The smallest absolute Gasteiger partial charge is 0.351 e. The first kappa shape index (κ1) is 13.0. The van der Waals surface area contributed by atoms with Crippen LogP contribution in [0, 0.1) is 20.8 Å². The summed E-state index contributed by atoms with van der Waals surface area (Å²) in [7, 11) is 1.31. The van der Waals surface area contributed by atoms with Crippen LogP contribution in [0.1, 0.15) is 26.6 Å². The molecular weight excluding hydrogens is 274 g/mol. The number of nitrogens with zero attached hydrogens (tertiary/aromatic N) is 3. The highest BCUT2D eigenvalue weighted by atomic mass is 35.5. The van der Waals surface area contributed by atoms with E-state index in [2.05, 4.69) is 14.8 Å². The van der Waals surface area contributed by atoms with Crippen molar-refractivity contribution in [3.05, 3.63) is 27.0 Å². The Morgan fingerprint density at radius 2 is 2.06 bits per heavy atom. The fourth-order valence-corrected chi connectivity index (χ4v) is 2.71. The van der Waals surface area contributed by atoms with Crippen molar-refractivity contribution in [2.24, 2.45) is 0 Å². The minimum absolute atomic E-state index is 0.145. The normalized spacial score (nSPS) is 10.7. The fraction of sp³-hybridized carbons (Fsp3) is 0.364. The van der Waals surface area contributed by atoms with Crippen LogP contribution in [0.15, 0.2) is 0 Å². The number of rotatable bonds is 2. The molecule has 2 aromatic heterocycles. The SMILES string of the molecule is COC(=O)c1sc(-n2nc(C)c(C)c2C)nc1Cl. The molecule has 0 aliphatic rings. The molecule has 0 saturated heterocycles. The molecule has 0 amide bonds. The lowest BCUT2D eigenvalue weighted by atomic mass is 10.2. The monoisotopic (exact) mass is 285 g/mol. The third-order valence-electron chi connectivity index (χ3n) is 2.78. The van der Waals surface area contributed by atoms with Crippen molar-refractivity contribution >= 4 is 28.9 Å². The van der Waals surface area contributed by atoms with Crippen LogP contribution >= 0.6 is 22.9 Å². The van der Waals surface area contributed by atoms with Crippen LogP contribution in [0.2, 0.25) is 5.15 Å². The van der Waals surface area contributed by atoms with E-state index in [1.807, 2.05) is 20.8 Å². The van der Waals surface area contributed by atoms with E-state index in [4.69, 9.17) is 11.6 Å². The molecule has 0 aromatic carbocycles. The number of carbonyl (C=O) groups excluding carboxylic acids is 1. The number of hydrogen-bond donors (Lipinski definition) is 0. The van der Waals surface area contributed by atoms with Crippen molar-refractivity contribution < 1.29 is 9.53 Å². The number of aryl methyl sites for hydroxylation is 1. The summed E-state index contributed by atoms with van der Waals surface area (Å²) in [5.41, 5.74) is 3.01. The number of hydrogen-bond acceptors (Lipinski definition) is 5. The maximum absolute atomic E-state index is 11.5. The van der Waals surface area contributed by atoms with Crippen molar-refractivity contribution in [1.82, 2.24) is 14.8 Å². The van der Waals surface area contributed by atoms with Gasteiger partial charge < -0.3 is 4.74 Å². The second kappa shape index (κ2) is 4.70. The minimum Gasteiger partial charge on any atom is -0.465 e. The summed E-state index contributed by atoms with van der Waals surface area (Å²) in [5, 5.41) is 5.08. The molecule has 0 fully saturated rings. The standard InChI is InChI=1S/C11H12ClN3O2S/c1-5-6(2)14-15(7(5)3)11-13-9(12)8(18-11)10(16)17-4/h1-4H3. The Hall–Kier alpha value is -1.40. The van der Waals surface area contributed by atoms with Crippen LogP contribution in [-0.4, -0.2) is 27.8 Å². The largest absolute Gasteiger partial charge is 0.465 e. The lowest BCUT2D eigenvalue weighted by molar-refractivity contribution is 0.0606. The summed E-state index contributed by atoms with van der Waals surface area (Å²) >= 11 is 7.09. The highest BCUT2D eigenvalue weighted by Crippen LogP contribution is 2.28. The first-order valence-corrected chi connectivity index (χ1v) is 6.43. The molecule has 0 bridgehead atoms. The summed E-state index contributed by atoms with van der Waals surface area (Å²) in [6, 6.07) is 0. The number of thiazole rings is 1. The number of esters is 1. The summed E-state index contributed by atoms with van der Waals surface area (Å²) in [5.74, 6) is -0.484. The highest BCUT2D eigenvalue weighted by Gasteiger charge is 2.20. The van der Waals surface area contributed by atoms with Gasteiger partial charge in [-0.15, -0.1) is 0 Å². The number of carbonyl (C=O) groups is 1. The van der Waals surface area contributed by atoms with Gasteiger partial charge in [-0.25, -0.2) is 14.5 Å². The number of methoxy groups -OCH3 is 1. The van der Waals surface area contributed by atoms with Gasteiger partial charge in [0.05, 0.1) is 12.8 Å². The predicted octanol–water partition coefficient (Wildman–Crippen LogP) is 2.69. The van der Waals surface area contributed by atoms with Crippen LogP contribution in [-0.2, 0) is 4.74 Å². The van der Waals surface area contributed by atoms with Gasteiger partial charge >= 0.3 is 5.97 Å². The molecule has 0 spiro atoms. The molecule has 0 aliphatic heterocycles. The minimum atomic E-state index is -0.484. The van der Waals surface area contributed by atoms with Gasteiger partial charge in [0.15, 0.2) is 10.0 Å². The molecule has 18 heavy (non-hydrogen) atoms. The van der Waals surface area contributed by atoms with E-state index in [-0.39, 0.29) is 5.15 Å². The summed E-state index contributed by atoms with van der Waals surface area (Å²) in [6.45, 7) is 5.86. The van der Waals surface area contributed by atoms with Crippen molar-refractivity contribution in [2.75, 3.05) is 7.11 Å². The van der Waals surface area contributed by atoms with Crippen molar-refractivity contribution in [3.8, 4) is 5.13 Å². The molecule has 2 aromatic rings. The molecule has 0 radical (unpaired) electrons. The summed E-state index contributed by atoms with van der Waals surface area (Å²) in [6.07, 6.45) is 0. The molecular formula is C11H12ClN3O2S. The average Bonchev–Trinajstić information content (AvgIpc) is 2.84. The van der Waals surface area contributed by atoms with Gasteiger partial charge in [0.1, 0.15) is 0 Å². The third kappa shape index (κ3) is 2.02. The van der Waals surface area contributed by atoms with Crippen molar-refractivity contribution in [1.29, 1.82) is 0 Å². The second-order valence-corrected chi connectivity index (χ2v) is 5.15. The molecule has 5 nitrogen and oxygen atoms in total. The number of ether oxygens (including phenoxy) is 1. The average molecular weight is 286 g/mol. The number of halogens is 1. The first-order chi connectivity index (χ1) is 8.45. The maximum Gasteiger partial charge on any atom is 0.351 e. The molecule has 0 atom stereocenters. The lowest BCUT2D eigenvalue weighted by Gasteiger charge is -1.98. The van der Waals surface area contributed by atoms with Crippen LogP contribution in [0.25, 0.3) is 5.13 Å². The third-order valence-corrected chi connectivity index (χ3v) is 4.18. The van der Waals surface area contributed by atoms with Gasteiger partial charge in [0, 0.05) is 5.69 Å². The lowest BCUT2D eigenvalue weighted by Crippen LogP contribution is -1.98. The van der Waals surface area contributed by atoms with E-state index in [0.29, 0.717) is 10.0 Å². The Morgan fingerprint density at radius 1 is 1.39 bits per heavy atom. The Kier molecular flexibility index (Phi) is 3.41. The Balaban J connectivity index is 2.52. The Labute approximate surface area is 113 Å². The molecule has 96 valence electrons. The number of aromatic nitrogens is 3. The van der Waals surface area contributed by atoms with Crippen LogP contribution in [0.4, 0.5) is 0 Å². The van der Waals surface area contributed by atoms with Crippen LogP contribution in [0.5, 0.6) is 0 Å². The molecule has 0 saturated carbocycles. The molecule has 2 rings (SSSR count). The van der Waals surface area contributed by atoms with E-state index in [0.717, 1.165) is 28.3 Å². The summed E-state index contributed by atoms with van der Waals surface area (Å²) in [4.78, 5) is 15.9. The van der Waals surface area contributed by atoms with E-state index in [1.54, 1.807) is 4.68 Å². The van der Waals surface area contributed by atoms with Gasteiger partial charge in [0.2, 0.25) is 5.13 Å². The topological polar surface area (TPSA) is 57.0 Å². The molecule has 0 aliphatic carbocycles. The van der Waals surface area contributed by atoms with E-state index in [1.165, 1.54) is 7.11 Å². The van der Waals surface area contributed by atoms with E-state index < -0.39 is 5.97 Å². The van der Waals surface area contributed by atoms with E-state index in [9.17, 15) is 4.79 Å². The Morgan fingerprint density at radius 3 is 2.56 bits per heavy atom. The van der Waals surface area contributed by atoms with Gasteiger partial charge in [-0.3, -0.25) is 0 Å². The van der Waals surface area contributed by atoms with Crippen LogP contribution < -0.4 is 0 Å². The molecule has 2 heterocycles. The first-order valence-electron chi connectivity index (χ1n) is 5.23. The van der Waals surface area contributed by atoms with Gasteiger partial charge in [0.25, 0.3) is 0 Å². The molecule has 0 N–H and O–H groups in total. The zero-order valence-corrected chi connectivity index (χ0v) is 12.0. The zero-order valence-electron chi connectivity index (χ0n) is 10.4. The van der Waals surface area contributed by atoms with Crippen LogP contribution in [0.3, 0.4) is 0 Å². The predicted molar refractivity (Wildman–Crippen MR) is 69.8 cm³/mol. The summed E-state index contributed by atoms with van der Waals surface area (Å²) < 4.78 is 6.33. The molecule has 7 heteroatoms. The van der Waals surface area contributed by atoms with Gasteiger partial charge in [-0.05, 0) is 26.3 Å². The second-order valence-electron chi connectivity index (χ2n) is 3.82. The van der Waals surface area contributed by atoms with Crippen molar-refractivity contribution in [2.45, 2.75) is 20.8 Å². The highest BCUT2D eigenvalue weighted by molar-refractivity contribution is 7.16. The quantitative estimate of drug-likeness (QED) is 0.796. The molecule has 0 unspecified atom stereocenters. The maximum atomic E-state index is 11.5. The van der Waals surface area contributed by atoms with E-state index >= 15 is 0 Å². The van der Waals surface area contributed by atoms with Gasteiger partial charge in [-0.1, -0.05) is 22.9 Å². The zero-order chi connectivity index (χ0) is 13.4. The van der Waals surface area contributed by atoms with Gasteiger partial charge in [-0.2, -0.15) is 5.10 Å². The fourth-order valence-electron chi connectivity index (χ4n) is 1.51.